The van der Waals surface area contributed by atoms with Gasteiger partial charge in [-0.3, -0.25) is 4.79 Å². The second-order valence-electron chi connectivity index (χ2n) is 9.08. The summed E-state index contributed by atoms with van der Waals surface area (Å²) in [5.41, 5.74) is 3.63. The first-order valence-corrected chi connectivity index (χ1v) is 12.8. The van der Waals surface area contributed by atoms with E-state index >= 15 is 0 Å². The maximum atomic E-state index is 13.3. The summed E-state index contributed by atoms with van der Waals surface area (Å²) in [7, 11) is 0. The number of nitrogens with zero attached hydrogens (tertiary/aromatic N) is 3. The highest BCUT2D eigenvalue weighted by Gasteiger charge is 2.29. The quantitative estimate of drug-likeness (QED) is 0.397. The van der Waals surface area contributed by atoms with Crippen molar-refractivity contribution in [3.8, 4) is 0 Å². The first-order valence-electron chi connectivity index (χ1n) is 11.9. The van der Waals surface area contributed by atoms with E-state index in [1.54, 1.807) is 17.7 Å². The summed E-state index contributed by atoms with van der Waals surface area (Å²) in [6.45, 7) is 5.94. The molecule has 5 nitrogen and oxygen atoms in total. The van der Waals surface area contributed by atoms with Gasteiger partial charge in [0.1, 0.15) is 17.0 Å². The molecule has 34 heavy (non-hydrogen) atoms. The second-order valence-corrected chi connectivity index (χ2v) is 10.3. The van der Waals surface area contributed by atoms with E-state index in [0.29, 0.717) is 0 Å². The number of aryl methyl sites for hydroxylation is 2. The number of fused-ring (bicyclic) bond motifs is 1. The minimum atomic E-state index is -0.0351. The lowest BCUT2D eigenvalue weighted by molar-refractivity contribution is -0.126. The van der Waals surface area contributed by atoms with E-state index in [0.717, 1.165) is 48.6 Å². The van der Waals surface area contributed by atoms with Crippen LogP contribution in [0.3, 0.4) is 0 Å². The Balaban J connectivity index is 1.28. The number of hydrogen-bond acceptors (Lipinski definition) is 5. The molecule has 2 aromatic carbocycles. The van der Waals surface area contributed by atoms with Crippen LogP contribution in [0.2, 0.25) is 0 Å². The predicted molar refractivity (Wildman–Crippen MR) is 139 cm³/mol. The van der Waals surface area contributed by atoms with Gasteiger partial charge in [0, 0.05) is 23.9 Å². The van der Waals surface area contributed by atoms with Crippen LogP contribution in [0.25, 0.3) is 10.2 Å². The molecule has 6 heteroatoms. The van der Waals surface area contributed by atoms with Crippen LogP contribution in [0.15, 0.2) is 67.0 Å². The van der Waals surface area contributed by atoms with E-state index in [9.17, 15) is 4.79 Å². The van der Waals surface area contributed by atoms with Gasteiger partial charge in [0.05, 0.1) is 11.4 Å². The molecule has 1 amide bonds. The highest BCUT2D eigenvalue weighted by molar-refractivity contribution is 7.18. The SMILES string of the molecule is Cc1sc2ncnc(N3CCC(C(=O)NC(Cc4ccccc4)c4ccccc4)CC3)c2c1C. The molecule has 0 bridgehead atoms. The van der Waals surface area contributed by atoms with Crippen LogP contribution < -0.4 is 10.2 Å². The standard InChI is InChI=1S/C28H30N4OS/c1-19-20(2)34-28-25(19)26(29-18-30-28)32-15-13-23(14-16-32)27(33)31-24(22-11-7-4-8-12-22)17-21-9-5-3-6-10-21/h3-12,18,23-24H,13-17H2,1-2H3,(H,31,33). The summed E-state index contributed by atoms with van der Waals surface area (Å²) < 4.78 is 0. The number of rotatable bonds is 6. The average molecular weight is 471 g/mol. The van der Waals surface area contributed by atoms with Crippen molar-refractivity contribution in [2.75, 3.05) is 18.0 Å². The van der Waals surface area contributed by atoms with Crippen LogP contribution >= 0.6 is 11.3 Å². The Hall–Kier alpha value is -3.25. The summed E-state index contributed by atoms with van der Waals surface area (Å²) in [4.78, 5) is 27.1. The number of thiophene rings is 1. The maximum Gasteiger partial charge on any atom is 0.223 e. The molecule has 1 fully saturated rings. The van der Waals surface area contributed by atoms with Gasteiger partial charge in [-0.1, -0.05) is 60.7 Å². The molecule has 1 aliphatic rings. The molecule has 0 saturated carbocycles. The maximum absolute atomic E-state index is 13.3. The predicted octanol–water partition coefficient (Wildman–Crippen LogP) is 5.62. The van der Waals surface area contributed by atoms with Crippen molar-refractivity contribution < 1.29 is 4.79 Å². The zero-order valence-electron chi connectivity index (χ0n) is 19.7. The van der Waals surface area contributed by atoms with Crippen molar-refractivity contribution in [1.82, 2.24) is 15.3 Å². The summed E-state index contributed by atoms with van der Waals surface area (Å²) in [6, 6.07) is 20.6. The molecule has 0 spiro atoms. The van der Waals surface area contributed by atoms with Crippen molar-refractivity contribution in [3.05, 3.63) is 88.6 Å². The first kappa shape index (κ1) is 22.5. The zero-order valence-corrected chi connectivity index (χ0v) is 20.5. The second kappa shape index (κ2) is 9.94. The van der Waals surface area contributed by atoms with Crippen LogP contribution in [0.1, 0.15) is 40.5 Å². The zero-order chi connectivity index (χ0) is 23.5. The fourth-order valence-corrected chi connectivity index (χ4v) is 5.83. The Morgan fingerprint density at radius 1 is 1.03 bits per heavy atom. The number of hydrogen-bond donors (Lipinski definition) is 1. The third kappa shape index (κ3) is 4.68. The monoisotopic (exact) mass is 470 g/mol. The highest BCUT2D eigenvalue weighted by atomic mass is 32.1. The van der Waals surface area contributed by atoms with Crippen molar-refractivity contribution in [2.24, 2.45) is 5.92 Å². The highest BCUT2D eigenvalue weighted by Crippen LogP contribution is 2.35. The van der Waals surface area contributed by atoms with Crippen LogP contribution in [-0.4, -0.2) is 29.0 Å². The molecule has 0 radical (unpaired) electrons. The van der Waals surface area contributed by atoms with Gasteiger partial charge in [0.25, 0.3) is 0 Å². The molecule has 174 valence electrons. The third-order valence-corrected chi connectivity index (χ3v) is 8.03. The lowest BCUT2D eigenvalue weighted by atomic mass is 9.93. The molecule has 5 rings (SSSR count). The molecule has 1 unspecified atom stereocenters. The number of nitrogens with one attached hydrogen (secondary N) is 1. The molecular formula is C28H30N4OS. The average Bonchev–Trinajstić information content (AvgIpc) is 3.18. The lowest BCUT2D eigenvalue weighted by Crippen LogP contribution is -2.42. The van der Waals surface area contributed by atoms with E-state index in [-0.39, 0.29) is 17.9 Å². The van der Waals surface area contributed by atoms with Crippen LogP contribution in [-0.2, 0) is 11.2 Å². The summed E-state index contributed by atoms with van der Waals surface area (Å²) in [6.07, 6.45) is 4.10. The summed E-state index contributed by atoms with van der Waals surface area (Å²) >= 11 is 1.73. The molecule has 4 aromatic rings. The molecule has 2 aromatic heterocycles. The molecule has 0 aliphatic carbocycles. The molecule has 1 atom stereocenters. The van der Waals surface area contributed by atoms with Gasteiger partial charge in [0.2, 0.25) is 5.91 Å². The smallest absolute Gasteiger partial charge is 0.223 e. The van der Waals surface area contributed by atoms with E-state index in [1.807, 2.05) is 24.3 Å². The molecule has 1 N–H and O–H groups in total. The molecular weight excluding hydrogens is 440 g/mol. The fraction of sp³-hybridized carbons (Fsp3) is 0.321. The van der Waals surface area contributed by atoms with Crippen LogP contribution in [0, 0.1) is 19.8 Å². The number of carbonyl (C=O) groups excluding carboxylic acids is 1. The fourth-order valence-electron chi connectivity index (χ4n) is 4.83. The Labute approximate surface area is 204 Å². The van der Waals surface area contributed by atoms with Gasteiger partial charge in [-0.05, 0) is 49.8 Å². The van der Waals surface area contributed by atoms with Gasteiger partial charge in [-0.15, -0.1) is 11.3 Å². The van der Waals surface area contributed by atoms with Gasteiger partial charge >= 0.3 is 0 Å². The van der Waals surface area contributed by atoms with E-state index in [1.165, 1.54) is 21.4 Å². The minimum Gasteiger partial charge on any atom is -0.356 e. The Morgan fingerprint density at radius 3 is 2.41 bits per heavy atom. The van der Waals surface area contributed by atoms with E-state index in [2.05, 4.69) is 70.4 Å². The summed E-state index contributed by atoms with van der Waals surface area (Å²) in [5, 5.41) is 4.53. The molecule has 3 heterocycles. The van der Waals surface area contributed by atoms with Crippen molar-refractivity contribution >= 4 is 33.3 Å². The number of anilines is 1. The largest absolute Gasteiger partial charge is 0.356 e. The number of benzene rings is 2. The third-order valence-electron chi connectivity index (χ3n) is 6.91. The Kier molecular flexibility index (Phi) is 6.59. The van der Waals surface area contributed by atoms with Crippen molar-refractivity contribution in [3.63, 3.8) is 0 Å². The lowest BCUT2D eigenvalue weighted by Gasteiger charge is -2.33. The summed E-state index contributed by atoms with van der Waals surface area (Å²) in [5.74, 6) is 1.18. The van der Waals surface area contributed by atoms with Crippen molar-refractivity contribution in [1.29, 1.82) is 0 Å². The molecule has 1 saturated heterocycles. The van der Waals surface area contributed by atoms with Gasteiger partial charge in [0.15, 0.2) is 0 Å². The van der Waals surface area contributed by atoms with Crippen molar-refractivity contribution in [2.45, 2.75) is 39.2 Å². The Bertz CT molecular complexity index is 1260. The molecule has 1 aliphatic heterocycles. The van der Waals surface area contributed by atoms with Crippen LogP contribution in [0.4, 0.5) is 5.82 Å². The topological polar surface area (TPSA) is 58.1 Å². The number of carbonyl (C=O) groups is 1. The van der Waals surface area contributed by atoms with E-state index < -0.39 is 0 Å². The first-order chi connectivity index (χ1) is 16.6. The number of piperidine rings is 1. The van der Waals surface area contributed by atoms with Gasteiger partial charge in [-0.25, -0.2) is 9.97 Å². The minimum absolute atomic E-state index is 0.0147. The van der Waals surface area contributed by atoms with E-state index in [4.69, 9.17) is 0 Å². The van der Waals surface area contributed by atoms with Crippen LogP contribution in [0.5, 0.6) is 0 Å². The number of amides is 1. The normalized spacial score (nSPS) is 15.4. The Morgan fingerprint density at radius 2 is 1.71 bits per heavy atom. The van der Waals surface area contributed by atoms with Gasteiger partial charge < -0.3 is 10.2 Å². The number of aromatic nitrogens is 2. The van der Waals surface area contributed by atoms with Gasteiger partial charge in [-0.2, -0.15) is 0 Å².